The average Bonchev–Trinajstić information content (AvgIpc) is 2.88. The van der Waals surface area contributed by atoms with Gasteiger partial charge in [0.05, 0.1) is 15.2 Å². The standard InChI is InChI=1S/C16H15FN2S2/c17-11-5-7-13(8-6-11)20-10-12(18)9-16-19-14-3-1-2-4-15(14)21-16/h1-8,12H,9-10,18H2. The second kappa shape index (κ2) is 6.56. The van der Waals surface area contributed by atoms with E-state index in [1.807, 2.05) is 18.2 Å². The Labute approximate surface area is 131 Å². The monoisotopic (exact) mass is 318 g/mol. The van der Waals surface area contributed by atoms with E-state index in [0.717, 1.165) is 27.6 Å². The first-order valence-corrected chi connectivity index (χ1v) is 8.49. The molecule has 1 atom stereocenters. The molecule has 2 N–H and O–H groups in total. The van der Waals surface area contributed by atoms with Crippen LogP contribution in [0.15, 0.2) is 53.4 Å². The minimum Gasteiger partial charge on any atom is -0.327 e. The largest absolute Gasteiger partial charge is 0.327 e. The molecule has 2 nitrogen and oxygen atoms in total. The van der Waals surface area contributed by atoms with Crippen LogP contribution in [0.3, 0.4) is 0 Å². The maximum atomic E-state index is 12.8. The van der Waals surface area contributed by atoms with E-state index in [4.69, 9.17) is 5.73 Å². The number of para-hydroxylation sites is 1. The van der Waals surface area contributed by atoms with Gasteiger partial charge in [0.2, 0.25) is 0 Å². The second-order valence-corrected chi connectivity index (χ2v) is 7.01. The lowest BCUT2D eigenvalue weighted by atomic mass is 10.2. The minimum absolute atomic E-state index is 0.0422. The van der Waals surface area contributed by atoms with E-state index in [9.17, 15) is 4.39 Å². The van der Waals surface area contributed by atoms with Gasteiger partial charge in [0, 0.05) is 23.1 Å². The van der Waals surface area contributed by atoms with Gasteiger partial charge in [-0.15, -0.1) is 23.1 Å². The van der Waals surface area contributed by atoms with Gasteiger partial charge in [0.1, 0.15) is 5.82 Å². The van der Waals surface area contributed by atoms with E-state index < -0.39 is 0 Å². The number of aromatic nitrogens is 1. The molecule has 3 aromatic rings. The first-order chi connectivity index (χ1) is 10.2. The summed E-state index contributed by atoms with van der Waals surface area (Å²) in [5.41, 5.74) is 7.21. The molecule has 0 spiro atoms. The highest BCUT2D eigenvalue weighted by molar-refractivity contribution is 7.99. The average molecular weight is 318 g/mol. The molecule has 0 saturated heterocycles. The van der Waals surface area contributed by atoms with Gasteiger partial charge in [-0.25, -0.2) is 9.37 Å². The molecule has 1 heterocycles. The Morgan fingerprint density at radius 3 is 2.67 bits per heavy atom. The van der Waals surface area contributed by atoms with Crippen molar-refractivity contribution in [1.29, 1.82) is 0 Å². The van der Waals surface area contributed by atoms with Gasteiger partial charge in [-0.3, -0.25) is 0 Å². The molecule has 0 aliphatic rings. The van der Waals surface area contributed by atoms with Crippen molar-refractivity contribution in [3.8, 4) is 0 Å². The number of nitrogens with zero attached hydrogens (tertiary/aromatic N) is 1. The zero-order valence-corrected chi connectivity index (χ0v) is 13.0. The van der Waals surface area contributed by atoms with E-state index >= 15 is 0 Å². The number of rotatable bonds is 5. The van der Waals surface area contributed by atoms with E-state index in [1.165, 1.54) is 16.8 Å². The Morgan fingerprint density at radius 2 is 1.90 bits per heavy atom. The van der Waals surface area contributed by atoms with Gasteiger partial charge in [-0.1, -0.05) is 12.1 Å². The molecule has 0 radical (unpaired) electrons. The molecule has 108 valence electrons. The molecule has 2 aromatic carbocycles. The van der Waals surface area contributed by atoms with Crippen molar-refractivity contribution < 1.29 is 4.39 Å². The number of benzene rings is 2. The van der Waals surface area contributed by atoms with Crippen molar-refractivity contribution in [2.75, 3.05) is 5.75 Å². The molecule has 1 unspecified atom stereocenters. The molecule has 21 heavy (non-hydrogen) atoms. The number of thiazole rings is 1. The summed E-state index contributed by atoms with van der Waals surface area (Å²) in [7, 11) is 0. The van der Waals surface area contributed by atoms with Crippen molar-refractivity contribution in [3.63, 3.8) is 0 Å². The lowest BCUT2D eigenvalue weighted by molar-refractivity contribution is 0.626. The van der Waals surface area contributed by atoms with Crippen LogP contribution in [0.5, 0.6) is 0 Å². The van der Waals surface area contributed by atoms with Crippen LogP contribution >= 0.6 is 23.1 Å². The van der Waals surface area contributed by atoms with E-state index in [2.05, 4.69) is 11.1 Å². The lowest BCUT2D eigenvalue weighted by Gasteiger charge is -2.09. The molecule has 0 saturated carbocycles. The molecular formula is C16H15FN2S2. The third kappa shape index (κ3) is 3.81. The van der Waals surface area contributed by atoms with Crippen LogP contribution in [0.25, 0.3) is 10.2 Å². The van der Waals surface area contributed by atoms with Crippen LogP contribution in [-0.2, 0) is 6.42 Å². The SMILES string of the molecule is NC(CSc1ccc(F)cc1)Cc1nc2ccccc2s1. The highest BCUT2D eigenvalue weighted by atomic mass is 32.2. The molecule has 5 heteroatoms. The van der Waals surface area contributed by atoms with Crippen LogP contribution in [0.2, 0.25) is 0 Å². The maximum absolute atomic E-state index is 12.8. The quantitative estimate of drug-likeness (QED) is 0.720. The summed E-state index contributed by atoms with van der Waals surface area (Å²) in [5.74, 6) is 0.583. The van der Waals surface area contributed by atoms with E-state index in [1.54, 1.807) is 35.2 Å². The first kappa shape index (κ1) is 14.5. The Bertz CT molecular complexity index is 691. The van der Waals surface area contributed by atoms with Gasteiger partial charge in [-0.2, -0.15) is 0 Å². The highest BCUT2D eigenvalue weighted by Crippen LogP contribution is 2.24. The number of fused-ring (bicyclic) bond motifs is 1. The molecule has 3 rings (SSSR count). The number of halogens is 1. The first-order valence-electron chi connectivity index (χ1n) is 6.69. The predicted octanol–water partition coefficient (Wildman–Crippen LogP) is 4.10. The summed E-state index contributed by atoms with van der Waals surface area (Å²) in [6, 6.07) is 14.7. The zero-order chi connectivity index (χ0) is 14.7. The Hall–Kier alpha value is -1.43. The minimum atomic E-state index is -0.210. The molecule has 0 bridgehead atoms. The van der Waals surface area contributed by atoms with Crippen molar-refractivity contribution in [2.24, 2.45) is 5.73 Å². The summed E-state index contributed by atoms with van der Waals surface area (Å²) in [5, 5.41) is 1.07. The number of nitrogens with two attached hydrogens (primary N) is 1. The number of hydrogen-bond acceptors (Lipinski definition) is 4. The molecule has 0 aliphatic carbocycles. The topological polar surface area (TPSA) is 38.9 Å². The Balaban J connectivity index is 1.58. The fourth-order valence-corrected chi connectivity index (χ4v) is 3.94. The predicted molar refractivity (Wildman–Crippen MR) is 88.4 cm³/mol. The smallest absolute Gasteiger partial charge is 0.123 e. The fourth-order valence-electron chi connectivity index (χ4n) is 2.02. The van der Waals surface area contributed by atoms with Crippen LogP contribution < -0.4 is 5.73 Å². The van der Waals surface area contributed by atoms with Gasteiger partial charge in [0.15, 0.2) is 0 Å². The maximum Gasteiger partial charge on any atom is 0.123 e. The van der Waals surface area contributed by atoms with Gasteiger partial charge in [-0.05, 0) is 36.4 Å². The molecule has 1 aromatic heterocycles. The van der Waals surface area contributed by atoms with Crippen molar-refractivity contribution in [1.82, 2.24) is 4.98 Å². The van der Waals surface area contributed by atoms with Crippen LogP contribution in [0.4, 0.5) is 4.39 Å². The van der Waals surface area contributed by atoms with Crippen LogP contribution in [-0.4, -0.2) is 16.8 Å². The second-order valence-electron chi connectivity index (χ2n) is 4.80. The third-order valence-electron chi connectivity index (χ3n) is 3.05. The molecule has 0 aliphatic heterocycles. The lowest BCUT2D eigenvalue weighted by Crippen LogP contribution is -2.25. The van der Waals surface area contributed by atoms with E-state index in [-0.39, 0.29) is 11.9 Å². The molecule has 0 fully saturated rings. The number of hydrogen-bond donors (Lipinski definition) is 1. The Morgan fingerprint density at radius 1 is 1.14 bits per heavy atom. The van der Waals surface area contributed by atoms with Crippen molar-refractivity contribution in [2.45, 2.75) is 17.4 Å². The summed E-state index contributed by atoms with van der Waals surface area (Å²) in [4.78, 5) is 5.64. The van der Waals surface area contributed by atoms with Crippen LogP contribution in [0, 0.1) is 5.82 Å². The third-order valence-corrected chi connectivity index (χ3v) is 5.31. The van der Waals surface area contributed by atoms with Gasteiger partial charge < -0.3 is 5.73 Å². The van der Waals surface area contributed by atoms with Crippen molar-refractivity contribution in [3.05, 3.63) is 59.4 Å². The zero-order valence-electron chi connectivity index (χ0n) is 11.3. The normalized spacial score (nSPS) is 12.7. The van der Waals surface area contributed by atoms with Gasteiger partial charge in [0.25, 0.3) is 0 Å². The highest BCUT2D eigenvalue weighted by Gasteiger charge is 2.09. The van der Waals surface area contributed by atoms with Gasteiger partial charge >= 0.3 is 0 Å². The summed E-state index contributed by atoms with van der Waals surface area (Å²) < 4.78 is 14.0. The van der Waals surface area contributed by atoms with Crippen molar-refractivity contribution >= 4 is 33.3 Å². The summed E-state index contributed by atoms with van der Waals surface area (Å²) in [6.45, 7) is 0. The van der Waals surface area contributed by atoms with Crippen LogP contribution in [0.1, 0.15) is 5.01 Å². The summed E-state index contributed by atoms with van der Waals surface area (Å²) in [6.07, 6.45) is 0.771. The Kier molecular flexibility index (Phi) is 4.53. The molecule has 0 amide bonds. The molecular weight excluding hydrogens is 303 g/mol. The number of thioether (sulfide) groups is 1. The summed E-state index contributed by atoms with van der Waals surface area (Å²) >= 11 is 3.35. The fraction of sp³-hybridized carbons (Fsp3) is 0.188. The van der Waals surface area contributed by atoms with E-state index in [0.29, 0.717) is 0 Å².